The molecular formula is C19H15F3N6O. The number of aromatic nitrogens is 4. The van der Waals surface area contributed by atoms with Gasteiger partial charge >= 0.3 is 12.1 Å². The van der Waals surface area contributed by atoms with Gasteiger partial charge in [0, 0.05) is 0 Å². The number of hydrogen-bond acceptors (Lipinski definition) is 5. The summed E-state index contributed by atoms with van der Waals surface area (Å²) >= 11 is 0. The molecule has 2 heterocycles. The highest BCUT2D eigenvalue weighted by atomic mass is 19.4. The molecule has 0 spiro atoms. The fraction of sp³-hybridized carbons (Fsp3) is 0.105. The van der Waals surface area contributed by atoms with Crippen molar-refractivity contribution < 1.29 is 17.9 Å². The summed E-state index contributed by atoms with van der Waals surface area (Å²) in [5.41, 5.74) is 6.85. The first kappa shape index (κ1) is 18.5. The first-order valence-electron chi connectivity index (χ1n) is 8.53. The van der Waals surface area contributed by atoms with Crippen LogP contribution in [0.15, 0.2) is 54.6 Å². The number of hydrogen-bond donors (Lipinski definition) is 2. The van der Waals surface area contributed by atoms with Gasteiger partial charge in [0.25, 0.3) is 0 Å². The summed E-state index contributed by atoms with van der Waals surface area (Å²) in [5, 5.41) is 15.1. The van der Waals surface area contributed by atoms with Crippen molar-refractivity contribution in [3.63, 3.8) is 0 Å². The zero-order valence-electron chi connectivity index (χ0n) is 15.1. The van der Waals surface area contributed by atoms with Crippen molar-refractivity contribution in [2.45, 2.75) is 13.1 Å². The molecule has 10 heteroatoms. The molecule has 0 atom stereocenters. The third-order valence-corrected chi connectivity index (χ3v) is 4.35. The van der Waals surface area contributed by atoms with Crippen LogP contribution >= 0.6 is 0 Å². The molecule has 0 saturated carbocycles. The van der Waals surface area contributed by atoms with E-state index in [2.05, 4.69) is 15.3 Å². The van der Waals surface area contributed by atoms with Crippen LogP contribution in [0.25, 0.3) is 16.9 Å². The SMILES string of the molecule is Cc1nc2ccccc2n1-c1cc(N)[n+]([O-])c(Nc2ccc(C(F)(F)F)cc2)n1. The highest BCUT2D eigenvalue weighted by Gasteiger charge is 2.30. The molecule has 2 aromatic heterocycles. The fourth-order valence-corrected chi connectivity index (χ4v) is 3.00. The summed E-state index contributed by atoms with van der Waals surface area (Å²) in [7, 11) is 0. The van der Waals surface area contributed by atoms with Crippen molar-refractivity contribution in [3.05, 3.63) is 71.2 Å². The number of halogens is 3. The highest BCUT2D eigenvalue weighted by molar-refractivity contribution is 5.78. The normalized spacial score (nSPS) is 11.7. The van der Waals surface area contributed by atoms with E-state index >= 15 is 0 Å². The van der Waals surface area contributed by atoms with Gasteiger partial charge < -0.3 is 10.9 Å². The molecule has 2 aromatic carbocycles. The number of fused-ring (bicyclic) bond motifs is 1. The van der Waals surface area contributed by atoms with Crippen LogP contribution in [-0.4, -0.2) is 14.5 Å². The zero-order valence-corrected chi connectivity index (χ0v) is 15.1. The molecule has 7 nitrogen and oxygen atoms in total. The average Bonchev–Trinajstić information content (AvgIpc) is 3.00. The topological polar surface area (TPSA) is 95.7 Å². The smallest absolute Gasteiger partial charge is 0.416 e. The minimum Gasteiger partial charge on any atom is -0.754 e. The Bertz CT molecular complexity index is 1200. The van der Waals surface area contributed by atoms with Crippen molar-refractivity contribution in [1.82, 2.24) is 14.5 Å². The second kappa shape index (κ2) is 6.66. The Morgan fingerprint density at radius 3 is 2.45 bits per heavy atom. The molecule has 0 radical (unpaired) electrons. The minimum absolute atomic E-state index is 0.124. The number of anilines is 3. The van der Waals surface area contributed by atoms with E-state index in [4.69, 9.17) is 5.73 Å². The maximum atomic E-state index is 12.7. The first-order valence-corrected chi connectivity index (χ1v) is 8.53. The van der Waals surface area contributed by atoms with Gasteiger partial charge in [0.2, 0.25) is 5.82 Å². The standard InChI is InChI=1S/C19H15F3N6O/c1-11-24-14-4-2-3-5-15(14)27(11)17-10-16(23)28(29)18(26-17)25-13-8-6-12(7-9-13)19(20,21)22/h2-10H,23H2,1H3,(H,25,26). The van der Waals surface area contributed by atoms with Crippen molar-refractivity contribution in [3.8, 4) is 5.82 Å². The van der Waals surface area contributed by atoms with E-state index in [9.17, 15) is 18.4 Å². The van der Waals surface area contributed by atoms with Crippen LogP contribution in [0.1, 0.15) is 11.4 Å². The van der Waals surface area contributed by atoms with Gasteiger partial charge in [-0.05, 0) is 43.3 Å². The van der Waals surface area contributed by atoms with Crippen LogP contribution in [0.2, 0.25) is 0 Å². The fourth-order valence-electron chi connectivity index (χ4n) is 3.00. The summed E-state index contributed by atoms with van der Waals surface area (Å²) in [5.74, 6) is 0.705. The summed E-state index contributed by atoms with van der Waals surface area (Å²) in [6.45, 7) is 1.79. The Balaban J connectivity index is 1.76. The quantitative estimate of drug-likeness (QED) is 0.404. The van der Waals surface area contributed by atoms with Crippen molar-refractivity contribution in [1.29, 1.82) is 0 Å². The van der Waals surface area contributed by atoms with Gasteiger partial charge in [0.1, 0.15) is 5.82 Å². The van der Waals surface area contributed by atoms with Crippen LogP contribution < -0.4 is 15.8 Å². The Labute approximate surface area is 162 Å². The van der Waals surface area contributed by atoms with Gasteiger partial charge in [0.05, 0.1) is 28.4 Å². The summed E-state index contributed by atoms with van der Waals surface area (Å²) in [6, 6.07) is 13.1. The Morgan fingerprint density at radius 2 is 1.76 bits per heavy atom. The van der Waals surface area contributed by atoms with Crippen LogP contribution in [0, 0.1) is 12.1 Å². The van der Waals surface area contributed by atoms with E-state index in [0.717, 1.165) is 23.2 Å². The molecule has 3 N–H and O–H groups in total. The lowest BCUT2D eigenvalue weighted by atomic mass is 10.2. The maximum absolute atomic E-state index is 12.7. The lowest BCUT2D eigenvalue weighted by Crippen LogP contribution is -2.35. The van der Waals surface area contributed by atoms with E-state index in [0.29, 0.717) is 16.4 Å². The van der Waals surface area contributed by atoms with E-state index < -0.39 is 11.7 Å². The molecule has 148 valence electrons. The van der Waals surface area contributed by atoms with Crippen molar-refractivity contribution in [2.75, 3.05) is 11.1 Å². The molecule has 0 unspecified atom stereocenters. The number of nitrogens with zero attached hydrogens (tertiary/aromatic N) is 4. The predicted octanol–water partition coefficient (Wildman–Crippen LogP) is 3.71. The van der Waals surface area contributed by atoms with Crippen LogP contribution in [0.5, 0.6) is 0 Å². The number of nitrogens with two attached hydrogens (primary N) is 1. The van der Waals surface area contributed by atoms with E-state index in [1.165, 1.54) is 18.2 Å². The van der Waals surface area contributed by atoms with E-state index in [1.54, 1.807) is 11.5 Å². The summed E-state index contributed by atoms with van der Waals surface area (Å²) < 4.78 is 40.3. The number of benzene rings is 2. The molecule has 0 bridgehead atoms. The molecule has 4 rings (SSSR count). The monoisotopic (exact) mass is 400 g/mol. The van der Waals surface area contributed by atoms with Crippen LogP contribution in [0.3, 0.4) is 0 Å². The molecule has 0 aliphatic heterocycles. The molecule has 0 fully saturated rings. The van der Waals surface area contributed by atoms with Gasteiger partial charge in [0.15, 0.2) is 5.82 Å². The number of alkyl halides is 3. The van der Waals surface area contributed by atoms with Crippen LogP contribution in [-0.2, 0) is 6.18 Å². The third-order valence-electron chi connectivity index (χ3n) is 4.35. The average molecular weight is 400 g/mol. The molecule has 0 saturated heterocycles. The number of para-hydroxylation sites is 2. The number of nitrogen functional groups attached to an aromatic ring is 1. The highest BCUT2D eigenvalue weighted by Crippen LogP contribution is 2.30. The molecule has 0 aliphatic rings. The zero-order chi connectivity index (χ0) is 20.8. The first-order chi connectivity index (χ1) is 13.7. The van der Waals surface area contributed by atoms with Gasteiger partial charge in [-0.3, -0.25) is 9.88 Å². The van der Waals surface area contributed by atoms with Crippen LogP contribution in [0.4, 0.5) is 30.6 Å². The summed E-state index contributed by atoms with van der Waals surface area (Å²) in [4.78, 5) is 8.77. The van der Waals surface area contributed by atoms with Gasteiger partial charge in [-0.1, -0.05) is 17.1 Å². The lowest BCUT2D eigenvalue weighted by molar-refractivity contribution is -0.577. The Kier molecular flexibility index (Phi) is 4.26. The summed E-state index contributed by atoms with van der Waals surface area (Å²) in [6.07, 6.45) is -4.44. The predicted molar refractivity (Wildman–Crippen MR) is 102 cm³/mol. The molecule has 0 amide bonds. The Morgan fingerprint density at radius 1 is 1.07 bits per heavy atom. The minimum atomic E-state index is -4.44. The number of rotatable bonds is 3. The van der Waals surface area contributed by atoms with E-state index in [1.807, 2.05) is 24.3 Å². The second-order valence-electron chi connectivity index (χ2n) is 6.34. The van der Waals surface area contributed by atoms with Gasteiger partial charge in [-0.25, -0.2) is 9.71 Å². The largest absolute Gasteiger partial charge is 0.754 e. The third kappa shape index (κ3) is 3.40. The number of imidazole rings is 1. The maximum Gasteiger partial charge on any atom is 0.416 e. The Hall–Kier alpha value is -3.82. The molecule has 0 aliphatic carbocycles. The second-order valence-corrected chi connectivity index (χ2v) is 6.34. The number of nitrogens with one attached hydrogen (secondary N) is 1. The molecule has 29 heavy (non-hydrogen) atoms. The van der Waals surface area contributed by atoms with Gasteiger partial charge in [-0.2, -0.15) is 13.2 Å². The lowest BCUT2D eigenvalue weighted by Gasteiger charge is -2.15. The molecular weight excluding hydrogens is 385 g/mol. The van der Waals surface area contributed by atoms with E-state index in [-0.39, 0.29) is 17.5 Å². The number of aryl methyl sites for hydroxylation is 1. The molecule has 4 aromatic rings. The van der Waals surface area contributed by atoms with Crippen molar-refractivity contribution in [2.24, 2.45) is 0 Å². The van der Waals surface area contributed by atoms with Crippen molar-refractivity contribution >= 4 is 28.5 Å². The van der Waals surface area contributed by atoms with Gasteiger partial charge in [-0.15, -0.1) is 0 Å².